The molecule has 5 heteroatoms. The summed E-state index contributed by atoms with van der Waals surface area (Å²) in [4.78, 5) is 15.1. The van der Waals surface area contributed by atoms with E-state index in [1.54, 1.807) is 0 Å². The second kappa shape index (κ2) is 15.2. The first-order chi connectivity index (χ1) is 29.7. The van der Waals surface area contributed by atoms with E-state index in [2.05, 4.69) is 181 Å². The normalized spacial score (nSPS) is 11.6. The second-order valence-electron chi connectivity index (χ2n) is 15.4. The molecule has 11 rings (SSSR count). The van der Waals surface area contributed by atoms with Crippen molar-refractivity contribution in [2.45, 2.75) is 26.2 Å². The van der Waals surface area contributed by atoms with E-state index in [-0.39, 0.29) is 0 Å². The molecule has 3 heterocycles. The summed E-state index contributed by atoms with van der Waals surface area (Å²) in [5, 5.41) is 5.13. The van der Waals surface area contributed by atoms with Crippen LogP contribution in [0.4, 0.5) is 0 Å². The molecule has 0 amide bonds. The molecule has 0 spiro atoms. The van der Waals surface area contributed by atoms with E-state index in [4.69, 9.17) is 15.0 Å². The maximum Gasteiger partial charge on any atom is 0.164 e. The van der Waals surface area contributed by atoms with E-state index in [0.29, 0.717) is 17.5 Å². The lowest BCUT2D eigenvalue weighted by Crippen LogP contribution is -2.00. The van der Waals surface area contributed by atoms with Crippen LogP contribution in [0.5, 0.6) is 0 Å². The highest BCUT2D eigenvalue weighted by Gasteiger charge is 2.19. The first-order valence-corrected chi connectivity index (χ1v) is 21.6. The molecular weight excluding hydrogens is 749 g/mol. The lowest BCUT2D eigenvalue weighted by Gasteiger charge is -2.12. The maximum atomic E-state index is 5.09. The van der Waals surface area contributed by atoms with Gasteiger partial charge < -0.3 is 4.57 Å². The predicted octanol–water partition coefficient (Wildman–Crippen LogP) is 15.0. The summed E-state index contributed by atoms with van der Waals surface area (Å²) < 4.78 is 5.06. The molecule has 8 aromatic carbocycles. The van der Waals surface area contributed by atoms with Crippen molar-refractivity contribution in [1.29, 1.82) is 0 Å². The van der Waals surface area contributed by atoms with Gasteiger partial charge in [-0.25, -0.2) is 15.0 Å². The predicted molar refractivity (Wildman–Crippen MR) is 253 cm³/mol. The summed E-state index contributed by atoms with van der Waals surface area (Å²) in [6.45, 7) is 2.23. The Morgan fingerprint density at radius 1 is 0.450 bits per heavy atom. The van der Waals surface area contributed by atoms with Crippen LogP contribution in [0.2, 0.25) is 0 Å². The van der Waals surface area contributed by atoms with Crippen LogP contribution in [0, 0.1) is 0 Å². The minimum absolute atomic E-state index is 0.649. The van der Waals surface area contributed by atoms with Crippen LogP contribution in [0.25, 0.3) is 104 Å². The van der Waals surface area contributed by atoms with Gasteiger partial charge in [0.2, 0.25) is 0 Å². The smallest absolute Gasteiger partial charge is 0.164 e. The minimum atomic E-state index is 0.649. The van der Waals surface area contributed by atoms with Gasteiger partial charge in [-0.1, -0.05) is 165 Å². The molecule has 0 atom stereocenters. The van der Waals surface area contributed by atoms with Gasteiger partial charge in [0.05, 0.1) is 11.0 Å². The summed E-state index contributed by atoms with van der Waals surface area (Å²) >= 11 is 1.88. The van der Waals surface area contributed by atoms with Gasteiger partial charge in [0.15, 0.2) is 17.5 Å². The number of fused-ring (bicyclic) bond motifs is 6. The fourth-order valence-electron chi connectivity index (χ4n) is 8.70. The Kier molecular flexibility index (Phi) is 9.09. The van der Waals surface area contributed by atoms with Gasteiger partial charge in [0, 0.05) is 58.9 Å². The molecular formula is C55H40N4S. The van der Waals surface area contributed by atoms with Gasteiger partial charge in [-0.3, -0.25) is 0 Å². The van der Waals surface area contributed by atoms with Gasteiger partial charge in [-0.05, 0) is 71.5 Å². The van der Waals surface area contributed by atoms with Crippen molar-refractivity contribution in [2.75, 3.05) is 0 Å². The van der Waals surface area contributed by atoms with Gasteiger partial charge in [-0.15, -0.1) is 11.3 Å². The molecule has 0 aliphatic heterocycles. The van der Waals surface area contributed by atoms with Crippen molar-refractivity contribution in [3.63, 3.8) is 0 Å². The monoisotopic (exact) mass is 788 g/mol. The highest BCUT2D eigenvalue weighted by atomic mass is 32.1. The fraction of sp³-hybridized carbons (Fsp3) is 0.0727. The standard InChI is InChI=1S/C55H40N4S/c1-2-3-15-36-30-32-38(33-31-36)54-56-53(37-16-5-4-6-17-37)57-55(58-54)41-20-11-18-39(34-41)40-19-12-21-42(35-40)59-48-27-9-7-23-47(48)51-44(24-14-28-49(51)59)46-26-13-25-45-43-22-8-10-29-50(43)60-52(45)46/h4-14,16-35H,2-3,15H2,1H3. The summed E-state index contributed by atoms with van der Waals surface area (Å²) in [5.74, 6) is 1.98. The van der Waals surface area contributed by atoms with Crippen molar-refractivity contribution in [2.24, 2.45) is 0 Å². The largest absolute Gasteiger partial charge is 0.309 e. The zero-order valence-electron chi connectivity index (χ0n) is 33.2. The van der Waals surface area contributed by atoms with E-state index >= 15 is 0 Å². The average molecular weight is 789 g/mol. The minimum Gasteiger partial charge on any atom is -0.309 e. The molecule has 0 aliphatic rings. The fourth-order valence-corrected chi connectivity index (χ4v) is 9.93. The summed E-state index contributed by atoms with van der Waals surface area (Å²) in [6.07, 6.45) is 3.43. The molecule has 0 fully saturated rings. The van der Waals surface area contributed by atoms with Gasteiger partial charge in [0.25, 0.3) is 0 Å². The molecule has 3 aromatic heterocycles. The number of nitrogens with zero attached hydrogens (tertiary/aromatic N) is 4. The van der Waals surface area contributed by atoms with Gasteiger partial charge in [0.1, 0.15) is 0 Å². The third kappa shape index (κ3) is 6.35. The number of para-hydroxylation sites is 1. The number of aromatic nitrogens is 4. The van der Waals surface area contributed by atoms with Crippen LogP contribution in [0.15, 0.2) is 188 Å². The van der Waals surface area contributed by atoms with Crippen LogP contribution >= 0.6 is 11.3 Å². The quantitative estimate of drug-likeness (QED) is 0.146. The molecule has 286 valence electrons. The number of rotatable bonds is 9. The Hall–Kier alpha value is -7.21. The Morgan fingerprint density at radius 3 is 1.85 bits per heavy atom. The van der Waals surface area contributed by atoms with E-state index in [0.717, 1.165) is 39.9 Å². The van der Waals surface area contributed by atoms with Crippen LogP contribution in [-0.2, 0) is 6.42 Å². The molecule has 0 radical (unpaired) electrons. The van der Waals surface area contributed by atoms with E-state index in [1.165, 1.54) is 71.5 Å². The third-order valence-electron chi connectivity index (χ3n) is 11.6. The van der Waals surface area contributed by atoms with Crippen LogP contribution < -0.4 is 0 Å². The number of unbranched alkanes of at least 4 members (excludes halogenated alkanes) is 1. The Balaban J connectivity index is 1.02. The molecule has 11 aromatic rings. The van der Waals surface area contributed by atoms with Gasteiger partial charge >= 0.3 is 0 Å². The molecule has 0 saturated carbocycles. The zero-order chi connectivity index (χ0) is 40.0. The van der Waals surface area contributed by atoms with Gasteiger partial charge in [-0.2, -0.15) is 0 Å². The number of aryl methyl sites for hydroxylation is 1. The number of benzene rings is 8. The first-order valence-electron chi connectivity index (χ1n) is 20.7. The first kappa shape index (κ1) is 35.9. The SMILES string of the molecule is CCCCc1ccc(-c2nc(-c3ccccc3)nc(-c3cccc(-c4cccc(-n5c6ccccc6c6c(-c7cccc8c7sc7ccccc78)cccc65)c4)c3)n2)cc1. The lowest BCUT2D eigenvalue weighted by molar-refractivity contribution is 0.795. The molecule has 0 N–H and O–H groups in total. The molecule has 0 bridgehead atoms. The molecule has 0 aliphatic carbocycles. The molecule has 0 saturated heterocycles. The Labute approximate surface area is 353 Å². The van der Waals surface area contributed by atoms with E-state index < -0.39 is 0 Å². The Morgan fingerprint density at radius 2 is 1.03 bits per heavy atom. The number of hydrogen-bond acceptors (Lipinski definition) is 4. The zero-order valence-corrected chi connectivity index (χ0v) is 34.0. The second-order valence-corrected chi connectivity index (χ2v) is 16.5. The molecule has 60 heavy (non-hydrogen) atoms. The molecule has 4 nitrogen and oxygen atoms in total. The highest BCUT2D eigenvalue weighted by molar-refractivity contribution is 7.26. The number of thiophene rings is 1. The third-order valence-corrected chi connectivity index (χ3v) is 12.9. The Bertz CT molecular complexity index is 3360. The van der Waals surface area contributed by atoms with Crippen LogP contribution in [0.1, 0.15) is 25.3 Å². The summed E-state index contributed by atoms with van der Waals surface area (Å²) in [7, 11) is 0. The van der Waals surface area contributed by atoms with Crippen LogP contribution in [-0.4, -0.2) is 19.5 Å². The van der Waals surface area contributed by atoms with Crippen molar-refractivity contribution in [3.8, 4) is 62.1 Å². The summed E-state index contributed by atoms with van der Waals surface area (Å²) in [5.41, 5.74) is 12.4. The van der Waals surface area contributed by atoms with Crippen molar-refractivity contribution in [3.05, 3.63) is 194 Å². The van der Waals surface area contributed by atoms with Crippen molar-refractivity contribution >= 4 is 53.3 Å². The topological polar surface area (TPSA) is 43.6 Å². The molecule has 0 unspecified atom stereocenters. The number of hydrogen-bond donors (Lipinski definition) is 0. The van der Waals surface area contributed by atoms with Crippen LogP contribution in [0.3, 0.4) is 0 Å². The maximum absolute atomic E-state index is 5.09. The highest BCUT2D eigenvalue weighted by Crippen LogP contribution is 2.44. The van der Waals surface area contributed by atoms with Crippen molar-refractivity contribution < 1.29 is 0 Å². The van der Waals surface area contributed by atoms with E-state index in [1.807, 2.05) is 29.5 Å². The lowest BCUT2D eigenvalue weighted by atomic mass is 9.98. The summed E-state index contributed by atoms with van der Waals surface area (Å²) in [6, 6.07) is 67.4. The van der Waals surface area contributed by atoms with E-state index in [9.17, 15) is 0 Å². The average Bonchev–Trinajstić information content (AvgIpc) is 3.88. The van der Waals surface area contributed by atoms with Crippen molar-refractivity contribution in [1.82, 2.24) is 19.5 Å².